The van der Waals surface area contributed by atoms with Gasteiger partial charge < -0.3 is 29.6 Å². The van der Waals surface area contributed by atoms with Crippen LogP contribution in [0.4, 0.5) is 0 Å². The van der Waals surface area contributed by atoms with E-state index >= 15 is 0 Å². The predicted molar refractivity (Wildman–Crippen MR) is 112 cm³/mol. The Bertz CT molecular complexity index is 739. The zero-order valence-corrected chi connectivity index (χ0v) is 18.0. The lowest BCUT2D eigenvalue weighted by molar-refractivity contribution is -0.285. The van der Waals surface area contributed by atoms with Crippen LogP contribution < -0.4 is 10.4 Å². The van der Waals surface area contributed by atoms with Crippen molar-refractivity contribution in [3.63, 3.8) is 0 Å². The highest BCUT2D eigenvalue weighted by atomic mass is 28.4. The highest BCUT2D eigenvalue weighted by Gasteiger charge is 2.52. The first-order chi connectivity index (χ1) is 13.7. The number of aliphatic hydroxyl groups is 4. The SMILES string of the molecule is CC(C)(C)[Si](OC[C@@H]1O[C@@H](O)[C@@H](O)[C@H](O)[C@@H]1O)(c1ccccc1)c1ccccc1. The Kier molecular flexibility index (Phi) is 6.60. The molecule has 0 spiro atoms. The van der Waals surface area contributed by atoms with Crippen LogP contribution in [0.3, 0.4) is 0 Å². The standard InChI is InChI=1S/C22H30O6Si/c1-22(2,3)29(15-10-6-4-7-11-15,16-12-8-5-9-13-16)27-14-17-18(23)19(24)20(25)21(26)28-17/h4-13,17-21,23-26H,14H2,1-3H3/t17-,18+,19+,20-,21+/m0/s1. The molecule has 29 heavy (non-hydrogen) atoms. The summed E-state index contributed by atoms with van der Waals surface area (Å²) in [6, 6.07) is 20.0. The molecule has 0 amide bonds. The van der Waals surface area contributed by atoms with Crippen molar-refractivity contribution >= 4 is 18.7 Å². The van der Waals surface area contributed by atoms with Crippen molar-refractivity contribution in [3.05, 3.63) is 60.7 Å². The molecule has 0 unspecified atom stereocenters. The maximum Gasteiger partial charge on any atom is 0.261 e. The molecule has 0 saturated carbocycles. The van der Waals surface area contributed by atoms with Gasteiger partial charge in [-0.05, 0) is 15.4 Å². The highest BCUT2D eigenvalue weighted by Crippen LogP contribution is 2.37. The summed E-state index contributed by atoms with van der Waals surface area (Å²) in [5, 5.41) is 41.9. The van der Waals surface area contributed by atoms with E-state index in [1.54, 1.807) is 0 Å². The molecule has 4 N–H and O–H groups in total. The van der Waals surface area contributed by atoms with Crippen LogP contribution in [-0.4, -0.2) is 66.1 Å². The van der Waals surface area contributed by atoms with Gasteiger partial charge in [0.15, 0.2) is 6.29 Å². The van der Waals surface area contributed by atoms with Crippen LogP contribution in [0.2, 0.25) is 5.04 Å². The van der Waals surface area contributed by atoms with E-state index in [2.05, 4.69) is 45.0 Å². The van der Waals surface area contributed by atoms with E-state index < -0.39 is 39.0 Å². The maximum atomic E-state index is 10.4. The van der Waals surface area contributed by atoms with E-state index in [0.29, 0.717) is 0 Å². The van der Waals surface area contributed by atoms with Crippen molar-refractivity contribution < 1.29 is 29.6 Å². The minimum absolute atomic E-state index is 0.0325. The number of hydrogen-bond acceptors (Lipinski definition) is 6. The lowest BCUT2D eigenvalue weighted by Gasteiger charge is -2.45. The highest BCUT2D eigenvalue weighted by molar-refractivity contribution is 6.99. The summed E-state index contributed by atoms with van der Waals surface area (Å²) in [6.45, 7) is 6.36. The zero-order chi connectivity index (χ0) is 21.2. The molecular weight excluding hydrogens is 388 g/mol. The van der Waals surface area contributed by atoms with E-state index in [-0.39, 0.29) is 11.6 Å². The van der Waals surface area contributed by atoms with Gasteiger partial charge in [-0.1, -0.05) is 81.4 Å². The molecule has 3 rings (SSSR count). The van der Waals surface area contributed by atoms with Gasteiger partial charge in [0.1, 0.15) is 24.4 Å². The normalized spacial score (nSPS) is 28.3. The maximum absolute atomic E-state index is 10.4. The molecule has 0 bridgehead atoms. The quantitative estimate of drug-likeness (QED) is 0.524. The third-order valence-corrected chi connectivity index (χ3v) is 10.6. The van der Waals surface area contributed by atoms with Crippen LogP contribution >= 0.6 is 0 Å². The molecule has 1 saturated heterocycles. The fraction of sp³-hybridized carbons (Fsp3) is 0.455. The average molecular weight is 419 g/mol. The fourth-order valence-electron chi connectivity index (χ4n) is 4.04. The van der Waals surface area contributed by atoms with Crippen LogP contribution in [0.25, 0.3) is 0 Å². The van der Waals surface area contributed by atoms with E-state index in [0.717, 1.165) is 10.4 Å². The van der Waals surface area contributed by atoms with E-state index in [4.69, 9.17) is 9.16 Å². The third kappa shape index (κ3) is 4.18. The molecule has 1 aliphatic rings. The molecule has 7 heteroatoms. The summed E-state index contributed by atoms with van der Waals surface area (Å²) in [4.78, 5) is 0. The first-order valence-electron chi connectivity index (χ1n) is 9.81. The number of benzene rings is 2. The van der Waals surface area contributed by atoms with Gasteiger partial charge >= 0.3 is 0 Å². The molecule has 0 aromatic heterocycles. The second-order valence-corrected chi connectivity index (χ2v) is 12.8. The van der Waals surface area contributed by atoms with Gasteiger partial charge in [-0.2, -0.15) is 0 Å². The predicted octanol–water partition coefficient (Wildman–Crippen LogP) is 0.363. The molecule has 158 valence electrons. The molecule has 1 heterocycles. The minimum Gasteiger partial charge on any atom is -0.405 e. The largest absolute Gasteiger partial charge is 0.405 e. The van der Waals surface area contributed by atoms with Crippen molar-refractivity contribution in [2.45, 2.75) is 56.5 Å². The number of ether oxygens (including phenoxy) is 1. The van der Waals surface area contributed by atoms with Gasteiger partial charge in [0.2, 0.25) is 0 Å². The molecule has 1 aliphatic heterocycles. The molecule has 0 aliphatic carbocycles. The topological polar surface area (TPSA) is 99.4 Å². The van der Waals surface area contributed by atoms with Crippen molar-refractivity contribution in [2.75, 3.05) is 6.61 Å². The summed E-state index contributed by atoms with van der Waals surface area (Å²) in [5.41, 5.74) is 0. The lowest BCUT2D eigenvalue weighted by atomic mass is 10.00. The first kappa shape index (κ1) is 22.1. The summed E-state index contributed by atoms with van der Waals surface area (Å²) in [6.07, 6.45) is -6.99. The van der Waals surface area contributed by atoms with Crippen molar-refractivity contribution in [1.82, 2.24) is 0 Å². The van der Waals surface area contributed by atoms with Crippen LogP contribution in [-0.2, 0) is 9.16 Å². The Morgan fingerprint density at radius 1 is 0.793 bits per heavy atom. The van der Waals surface area contributed by atoms with Gasteiger partial charge in [0.05, 0.1) is 6.61 Å². The molecule has 2 aromatic carbocycles. The average Bonchev–Trinajstić information content (AvgIpc) is 2.71. The van der Waals surface area contributed by atoms with Crippen LogP contribution in [0, 0.1) is 0 Å². The Morgan fingerprint density at radius 2 is 1.28 bits per heavy atom. The monoisotopic (exact) mass is 418 g/mol. The molecular formula is C22H30O6Si. The van der Waals surface area contributed by atoms with Gasteiger partial charge in [0, 0.05) is 0 Å². The summed E-state index contributed by atoms with van der Waals surface area (Å²) in [7, 11) is -2.84. The van der Waals surface area contributed by atoms with Gasteiger partial charge in [0.25, 0.3) is 8.32 Å². The Morgan fingerprint density at radius 3 is 1.72 bits per heavy atom. The lowest BCUT2D eigenvalue weighted by Crippen LogP contribution is -2.68. The van der Waals surface area contributed by atoms with Crippen LogP contribution in [0.15, 0.2) is 60.7 Å². The Balaban J connectivity index is 2.00. The minimum atomic E-state index is -2.84. The molecule has 5 atom stereocenters. The van der Waals surface area contributed by atoms with E-state index in [9.17, 15) is 20.4 Å². The van der Waals surface area contributed by atoms with Gasteiger partial charge in [-0.3, -0.25) is 0 Å². The Hall–Kier alpha value is -1.58. The van der Waals surface area contributed by atoms with Gasteiger partial charge in [-0.25, -0.2) is 0 Å². The van der Waals surface area contributed by atoms with E-state index in [1.165, 1.54) is 0 Å². The number of hydrogen-bond donors (Lipinski definition) is 4. The first-order valence-corrected chi connectivity index (χ1v) is 11.7. The molecule has 1 fully saturated rings. The third-order valence-electron chi connectivity index (χ3n) is 5.57. The number of rotatable bonds is 5. The molecule has 0 radical (unpaired) electrons. The van der Waals surface area contributed by atoms with Gasteiger partial charge in [-0.15, -0.1) is 0 Å². The number of aliphatic hydroxyl groups excluding tert-OH is 4. The second-order valence-electron chi connectivity index (χ2n) is 8.51. The zero-order valence-electron chi connectivity index (χ0n) is 17.0. The fourth-order valence-corrected chi connectivity index (χ4v) is 8.61. The summed E-state index contributed by atoms with van der Waals surface area (Å²) in [5.74, 6) is 0. The Labute approximate surface area is 172 Å². The van der Waals surface area contributed by atoms with Crippen molar-refractivity contribution in [2.24, 2.45) is 0 Å². The summed E-state index contributed by atoms with van der Waals surface area (Å²) >= 11 is 0. The summed E-state index contributed by atoms with van der Waals surface area (Å²) < 4.78 is 12.0. The van der Waals surface area contributed by atoms with Crippen molar-refractivity contribution in [1.29, 1.82) is 0 Å². The second kappa shape index (κ2) is 8.65. The molecule has 2 aromatic rings. The molecule has 6 nitrogen and oxygen atoms in total. The van der Waals surface area contributed by atoms with Crippen molar-refractivity contribution in [3.8, 4) is 0 Å². The smallest absolute Gasteiger partial charge is 0.261 e. The van der Waals surface area contributed by atoms with E-state index in [1.807, 2.05) is 36.4 Å². The van der Waals surface area contributed by atoms with Crippen LogP contribution in [0.5, 0.6) is 0 Å². The van der Waals surface area contributed by atoms with Crippen LogP contribution in [0.1, 0.15) is 20.8 Å².